The van der Waals surface area contributed by atoms with E-state index in [1.807, 2.05) is 12.1 Å². The van der Waals surface area contributed by atoms with Crippen LogP contribution < -0.4 is 15.2 Å². The van der Waals surface area contributed by atoms with E-state index in [9.17, 15) is 13.2 Å². The molecule has 0 amide bonds. The minimum absolute atomic E-state index is 0.535. The van der Waals surface area contributed by atoms with Crippen LogP contribution in [0.1, 0.15) is 24.0 Å². The SMILES string of the molecule is COc1cccc(-c2[nH]c3ccc(C(F)(F)F)cc3c2CCCCN)c1OC. The highest BCUT2D eigenvalue weighted by molar-refractivity contribution is 5.93. The van der Waals surface area contributed by atoms with Crippen molar-refractivity contribution in [2.75, 3.05) is 20.8 Å². The van der Waals surface area contributed by atoms with E-state index in [1.165, 1.54) is 12.1 Å². The predicted octanol–water partition coefficient (Wildman–Crippen LogP) is 5.15. The lowest BCUT2D eigenvalue weighted by atomic mass is 9.98. The van der Waals surface area contributed by atoms with Crippen molar-refractivity contribution in [3.63, 3.8) is 0 Å². The van der Waals surface area contributed by atoms with Crippen LogP contribution in [0.5, 0.6) is 11.5 Å². The Bertz CT molecular complexity index is 964. The molecule has 0 saturated heterocycles. The molecular formula is C21H23F3N2O2. The topological polar surface area (TPSA) is 60.3 Å². The van der Waals surface area contributed by atoms with Gasteiger partial charge >= 0.3 is 6.18 Å². The highest BCUT2D eigenvalue weighted by atomic mass is 19.4. The fourth-order valence-electron chi connectivity index (χ4n) is 3.44. The zero-order valence-corrected chi connectivity index (χ0v) is 15.8. The molecule has 1 aromatic heterocycles. The Morgan fingerprint density at radius 2 is 1.82 bits per heavy atom. The molecule has 0 aliphatic carbocycles. The van der Waals surface area contributed by atoms with Crippen LogP contribution in [-0.2, 0) is 12.6 Å². The minimum atomic E-state index is -4.40. The zero-order valence-electron chi connectivity index (χ0n) is 15.8. The molecule has 0 bridgehead atoms. The van der Waals surface area contributed by atoms with Crippen molar-refractivity contribution in [3.8, 4) is 22.8 Å². The second-order valence-corrected chi connectivity index (χ2v) is 6.52. The minimum Gasteiger partial charge on any atom is -0.493 e. The number of rotatable bonds is 7. The van der Waals surface area contributed by atoms with Gasteiger partial charge in [0.25, 0.3) is 0 Å². The average molecular weight is 392 g/mol. The van der Waals surface area contributed by atoms with Crippen molar-refractivity contribution in [1.82, 2.24) is 4.98 Å². The summed E-state index contributed by atoms with van der Waals surface area (Å²) in [7, 11) is 3.09. The van der Waals surface area contributed by atoms with Crippen LogP contribution in [0, 0.1) is 0 Å². The van der Waals surface area contributed by atoms with Crippen molar-refractivity contribution in [3.05, 3.63) is 47.5 Å². The summed E-state index contributed by atoms with van der Waals surface area (Å²) in [5, 5.41) is 0.562. The number of aromatic nitrogens is 1. The van der Waals surface area contributed by atoms with Gasteiger partial charge in [0.2, 0.25) is 0 Å². The number of fused-ring (bicyclic) bond motifs is 1. The number of H-pyrrole nitrogens is 1. The first kappa shape index (κ1) is 20.1. The second kappa shape index (κ2) is 8.14. The molecule has 0 radical (unpaired) electrons. The first-order chi connectivity index (χ1) is 13.4. The van der Waals surface area contributed by atoms with Gasteiger partial charge in [-0.25, -0.2) is 0 Å². The van der Waals surface area contributed by atoms with Crippen LogP contribution in [0.2, 0.25) is 0 Å². The zero-order chi connectivity index (χ0) is 20.3. The Morgan fingerprint density at radius 1 is 1.04 bits per heavy atom. The lowest BCUT2D eigenvalue weighted by Crippen LogP contribution is -2.04. The van der Waals surface area contributed by atoms with Crippen molar-refractivity contribution in [2.45, 2.75) is 25.4 Å². The highest BCUT2D eigenvalue weighted by Gasteiger charge is 2.31. The van der Waals surface area contributed by atoms with Gasteiger partial charge in [-0.2, -0.15) is 13.2 Å². The molecule has 0 unspecified atom stereocenters. The molecule has 0 saturated carbocycles. The molecule has 4 nitrogen and oxygen atoms in total. The normalized spacial score (nSPS) is 11.8. The summed E-state index contributed by atoms with van der Waals surface area (Å²) < 4.78 is 50.6. The Hall–Kier alpha value is -2.67. The van der Waals surface area contributed by atoms with Gasteiger partial charge in [-0.3, -0.25) is 0 Å². The fourth-order valence-corrected chi connectivity index (χ4v) is 3.44. The molecule has 0 atom stereocenters. The maximum atomic E-state index is 13.2. The second-order valence-electron chi connectivity index (χ2n) is 6.52. The number of benzene rings is 2. The van der Waals surface area contributed by atoms with E-state index in [4.69, 9.17) is 15.2 Å². The molecule has 28 heavy (non-hydrogen) atoms. The quantitative estimate of drug-likeness (QED) is 0.547. The van der Waals surface area contributed by atoms with Gasteiger partial charge < -0.3 is 20.2 Å². The number of nitrogens with one attached hydrogen (secondary N) is 1. The molecule has 0 spiro atoms. The summed E-state index contributed by atoms with van der Waals surface area (Å²) in [6.07, 6.45) is -2.22. The summed E-state index contributed by atoms with van der Waals surface area (Å²) >= 11 is 0. The number of ether oxygens (including phenoxy) is 2. The maximum Gasteiger partial charge on any atom is 0.416 e. The van der Waals surface area contributed by atoms with E-state index in [1.54, 1.807) is 20.3 Å². The maximum absolute atomic E-state index is 13.2. The van der Waals surface area contributed by atoms with Gasteiger partial charge in [0.1, 0.15) is 0 Å². The smallest absolute Gasteiger partial charge is 0.416 e. The van der Waals surface area contributed by atoms with Gasteiger partial charge in [-0.05, 0) is 61.7 Å². The summed E-state index contributed by atoms with van der Waals surface area (Å²) in [6.45, 7) is 0.536. The molecule has 3 rings (SSSR count). The third kappa shape index (κ3) is 3.80. The van der Waals surface area contributed by atoms with Gasteiger partial charge in [0.15, 0.2) is 11.5 Å². The van der Waals surface area contributed by atoms with E-state index >= 15 is 0 Å². The number of unbranched alkanes of at least 4 members (excludes halogenated alkanes) is 1. The number of aryl methyl sites for hydroxylation is 1. The first-order valence-electron chi connectivity index (χ1n) is 9.04. The summed E-state index contributed by atoms with van der Waals surface area (Å²) in [5.74, 6) is 1.09. The number of hydrogen-bond acceptors (Lipinski definition) is 3. The summed E-state index contributed by atoms with van der Waals surface area (Å²) in [5.41, 5.74) is 7.89. The fraction of sp³-hybridized carbons (Fsp3) is 0.333. The molecule has 2 aromatic carbocycles. The molecule has 1 heterocycles. The standard InChI is InChI=1S/C21H23F3N2O2/c1-27-18-8-5-7-15(20(18)28-2)19-14(6-3-4-11-25)16-12-13(21(22,23)24)9-10-17(16)26-19/h5,7-10,12,26H,3-4,6,11,25H2,1-2H3. The number of hydrogen-bond donors (Lipinski definition) is 2. The van der Waals surface area contributed by atoms with Crippen molar-refractivity contribution >= 4 is 10.9 Å². The highest BCUT2D eigenvalue weighted by Crippen LogP contribution is 2.42. The number of aromatic amines is 1. The molecule has 3 aromatic rings. The molecular weight excluding hydrogens is 369 g/mol. The number of alkyl halides is 3. The summed E-state index contributed by atoms with van der Waals surface area (Å²) in [4.78, 5) is 3.28. The van der Waals surface area contributed by atoms with Gasteiger partial charge in [-0.1, -0.05) is 6.07 Å². The Labute approximate surface area is 161 Å². The van der Waals surface area contributed by atoms with Crippen LogP contribution in [-0.4, -0.2) is 25.7 Å². The van der Waals surface area contributed by atoms with Gasteiger partial charge in [0, 0.05) is 16.5 Å². The third-order valence-corrected chi connectivity index (χ3v) is 4.79. The van der Waals surface area contributed by atoms with Gasteiger partial charge in [-0.15, -0.1) is 0 Å². The Kier molecular flexibility index (Phi) is 5.84. The van der Waals surface area contributed by atoms with Crippen LogP contribution >= 0.6 is 0 Å². The molecule has 0 fully saturated rings. The Balaban J connectivity index is 2.23. The molecule has 150 valence electrons. The monoisotopic (exact) mass is 392 g/mol. The summed E-state index contributed by atoms with van der Waals surface area (Å²) in [6, 6.07) is 9.24. The van der Waals surface area contributed by atoms with Crippen LogP contribution in [0.4, 0.5) is 13.2 Å². The molecule has 0 aliphatic rings. The van der Waals surface area contributed by atoms with E-state index in [-0.39, 0.29) is 0 Å². The largest absolute Gasteiger partial charge is 0.493 e. The number of methoxy groups -OCH3 is 2. The van der Waals surface area contributed by atoms with Gasteiger partial charge in [0.05, 0.1) is 25.5 Å². The first-order valence-corrected chi connectivity index (χ1v) is 9.04. The lowest BCUT2D eigenvalue weighted by Gasteiger charge is -2.13. The molecule has 7 heteroatoms. The van der Waals surface area contributed by atoms with Crippen molar-refractivity contribution in [1.29, 1.82) is 0 Å². The van der Waals surface area contributed by atoms with Crippen LogP contribution in [0.25, 0.3) is 22.2 Å². The molecule has 3 N–H and O–H groups in total. The predicted molar refractivity (Wildman–Crippen MR) is 104 cm³/mol. The Morgan fingerprint density at radius 3 is 2.46 bits per heavy atom. The van der Waals surface area contributed by atoms with E-state index in [0.29, 0.717) is 35.4 Å². The van der Waals surface area contributed by atoms with Crippen LogP contribution in [0.3, 0.4) is 0 Å². The number of para-hydroxylation sites is 1. The number of halogens is 3. The number of nitrogens with two attached hydrogens (primary N) is 1. The third-order valence-electron chi connectivity index (χ3n) is 4.79. The van der Waals surface area contributed by atoms with E-state index in [0.717, 1.165) is 35.7 Å². The van der Waals surface area contributed by atoms with Crippen molar-refractivity contribution in [2.24, 2.45) is 5.73 Å². The van der Waals surface area contributed by atoms with E-state index < -0.39 is 11.7 Å². The molecule has 0 aliphatic heterocycles. The van der Waals surface area contributed by atoms with Crippen LogP contribution in [0.15, 0.2) is 36.4 Å². The van der Waals surface area contributed by atoms with Crippen molar-refractivity contribution < 1.29 is 22.6 Å². The lowest BCUT2D eigenvalue weighted by molar-refractivity contribution is -0.137. The van der Waals surface area contributed by atoms with E-state index in [2.05, 4.69) is 4.98 Å². The average Bonchev–Trinajstić information content (AvgIpc) is 3.04.